The molecule has 2 aromatic rings. The van der Waals surface area contributed by atoms with Crippen molar-refractivity contribution >= 4 is 5.71 Å². The van der Waals surface area contributed by atoms with Gasteiger partial charge in [-0.3, -0.25) is 10.3 Å². The second-order valence-corrected chi connectivity index (χ2v) is 8.20. The number of hydrogen-bond acceptors (Lipinski definition) is 5. The summed E-state index contributed by atoms with van der Waals surface area (Å²) in [5, 5.41) is 24.6. The van der Waals surface area contributed by atoms with Gasteiger partial charge in [-0.05, 0) is 44.9 Å². The normalized spacial score (nSPS) is 22.4. The fraction of sp³-hybridized carbons (Fsp3) is 0.435. The van der Waals surface area contributed by atoms with E-state index in [0.717, 1.165) is 42.8 Å². The van der Waals surface area contributed by atoms with Crippen molar-refractivity contribution in [1.29, 1.82) is 0 Å². The van der Waals surface area contributed by atoms with Crippen molar-refractivity contribution in [3.8, 4) is 11.5 Å². The number of para-hydroxylation sites is 2. The van der Waals surface area contributed by atoms with Crippen LogP contribution in [0.4, 0.5) is 0 Å². The van der Waals surface area contributed by atoms with E-state index < -0.39 is 0 Å². The molecule has 0 bridgehead atoms. The molecule has 0 aliphatic carbocycles. The summed E-state index contributed by atoms with van der Waals surface area (Å²) in [6, 6.07) is 15.4. The molecule has 1 spiro atoms. The Hall–Kier alpha value is -2.37. The lowest BCUT2D eigenvalue weighted by atomic mass is 9.87. The molecule has 2 aromatic carbocycles. The number of likely N-dealkylation sites (tertiary alicyclic amines) is 1. The Labute approximate surface area is 166 Å². The van der Waals surface area contributed by atoms with Crippen molar-refractivity contribution in [3.05, 3.63) is 59.7 Å². The molecule has 0 unspecified atom stereocenters. The fourth-order valence-corrected chi connectivity index (χ4v) is 4.43. The number of aliphatic imine (C=N–C) groups is 1. The molecule has 5 heteroatoms. The summed E-state index contributed by atoms with van der Waals surface area (Å²) in [4.78, 5) is 7.62. The van der Waals surface area contributed by atoms with Crippen molar-refractivity contribution in [2.45, 2.75) is 50.9 Å². The highest BCUT2D eigenvalue weighted by Gasteiger charge is 2.41. The molecule has 2 aliphatic heterocycles. The molecule has 148 valence electrons. The van der Waals surface area contributed by atoms with Crippen molar-refractivity contribution < 1.29 is 10.2 Å². The van der Waals surface area contributed by atoms with Gasteiger partial charge in [0.2, 0.25) is 0 Å². The van der Waals surface area contributed by atoms with E-state index in [2.05, 4.69) is 24.1 Å². The number of phenolic OH excluding ortho intramolecular Hbond substituents is 2. The van der Waals surface area contributed by atoms with Crippen molar-refractivity contribution in [2.75, 3.05) is 13.1 Å². The highest BCUT2D eigenvalue weighted by Crippen LogP contribution is 2.38. The van der Waals surface area contributed by atoms with Gasteiger partial charge in [0, 0.05) is 48.4 Å². The summed E-state index contributed by atoms with van der Waals surface area (Å²) in [6.07, 6.45) is 2.45. The number of nitrogens with one attached hydrogen (secondary N) is 1. The summed E-state index contributed by atoms with van der Waals surface area (Å²) in [7, 11) is 0. The number of benzene rings is 2. The van der Waals surface area contributed by atoms with Gasteiger partial charge in [0.1, 0.15) is 17.2 Å². The predicted molar refractivity (Wildman–Crippen MR) is 112 cm³/mol. The third kappa shape index (κ3) is 3.64. The van der Waals surface area contributed by atoms with Gasteiger partial charge in [-0.25, -0.2) is 0 Å². The summed E-state index contributed by atoms with van der Waals surface area (Å²) in [5.74, 6) is 0.558. The van der Waals surface area contributed by atoms with E-state index in [1.807, 2.05) is 36.4 Å². The van der Waals surface area contributed by atoms with Gasteiger partial charge in [0.15, 0.2) is 0 Å². The average molecular weight is 380 g/mol. The molecule has 2 heterocycles. The molecule has 1 saturated heterocycles. The van der Waals surface area contributed by atoms with Crippen LogP contribution in [0.2, 0.25) is 0 Å². The quantitative estimate of drug-likeness (QED) is 0.758. The van der Waals surface area contributed by atoms with E-state index in [0.29, 0.717) is 18.2 Å². The van der Waals surface area contributed by atoms with Gasteiger partial charge >= 0.3 is 0 Å². The van der Waals surface area contributed by atoms with Crippen molar-refractivity contribution in [1.82, 2.24) is 10.2 Å². The van der Waals surface area contributed by atoms with Crippen LogP contribution in [0.15, 0.2) is 53.5 Å². The minimum absolute atomic E-state index is 0.0427. The van der Waals surface area contributed by atoms with Gasteiger partial charge in [-0.2, -0.15) is 0 Å². The van der Waals surface area contributed by atoms with E-state index in [1.165, 1.54) is 0 Å². The maximum Gasteiger partial charge on any atom is 0.124 e. The first kappa shape index (κ1) is 19.0. The first-order valence-electron chi connectivity index (χ1n) is 10.1. The molecule has 28 heavy (non-hydrogen) atoms. The molecule has 1 fully saturated rings. The second-order valence-electron chi connectivity index (χ2n) is 8.20. The van der Waals surface area contributed by atoms with Crippen LogP contribution >= 0.6 is 0 Å². The maximum absolute atomic E-state index is 10.4. The van der Waals surface area contributed by atoms with Gasteiger partial charge in [0.05, 0.1) is 0 Å². The van der Waals surface area contributed by atoms with Crippen LogP contribution in [0.5, 0.6) is 11.5 Å². The van der Waals surface area contributed by atoms with Crippen LogP contribution < -0.4 is 5.32 Å². The molecule has 0 amide bonds. The third-order valence-corrected chi connectivity index (χ3v) is 6.07. The Kier molecular flexibility index (Phi) is 5.13. The number of rotatable bonds is 3. The Morgan fingerprint density at radius 3 is 2.29 bits per heavy atom. The van der Waals surface area contributed by atoms with Crippen LogP contribution in [0.3, 0.4) is 0 Å². The van der Waals surface area contributed by atoms with Gasteiger partial charge in [0.25, 0.3) is 0 Å². The first-order valence-corrected chi connectivity index (χ1v) is 10.1. The van der Waals surface area contributed by atoms with Crippen molar-refractivity contribution in [3.63, 3.8) is 0 Å². The lowest BCUT2D eigenvalue weighted by molar-refractivity contribution is 0.103. The number of piperidine rings is 1. The van der Waals surface area contributed by atoms with E-state index in [9.17, 15) is 10.2 Å². The predicted octanol–water partition coefficient (Wildman–Crippen LogP) is 3.82. The lowest BCUT2D eigenvalue weighted by Crippen LogP contribution is -2.56. The minimum atomic E-state index is -0.367. The van der Waals surface area contributed by atoms with Crippen LogP contribution in [-0.2, 0) is 0 Å². The molecule has 0 radical (unpaired) electrons. The van der Waals surface area contributed by atoms with E-state index in [-0.39, 0.29) is 17.5 Å². The standard InChI is InChI=1S/C23H29N3O2/c1-16(2)26-13-11-23(12-14-26)24-19(17-7-3-5-9-21(17)27)15-20(25-23)18-8-4-6-10-22(18)28/h3-10,16,19,24,27-28H,11-15H2,1-2H3/t19-/m1/s1. The van der Waals surface area contributed by atoms with Crippen LogP contribution in [0, 0.1) is 0 Å². The molecule has 2 aliphatic rings. The van der Waals surface area contributed by atoms with Gasteiger partial charge in [-0.15, -0.1) is 0 Å². The molecule has 0 saturated carbocycles. The fourth-order valence-electron chi connectivity index (χ4n) is 4.43. The summed E-state index contributed by atoms with van der Waals surface area (Å²) in [6.45, 7) is 6.42. The molecule has 4 rings (SSSR count). The average Bonchev–Trinajstić information content (AvgIpc) is 2.68. The molecular weight excluding hydrogens is 350 g/mol. The van der Waals surface area contributed by atoms with Crippen LogP contribution in [-0.4, -0.2) is 45.6 Å². The maximum atomic E-state index is 10.4. The van der Waals surface area contributed by atoms with Crippen LogP contribution in [0.1, 0.15) is 50.3 Å². The highest BCUT2D eigenvalue weighted by molar-refractivity contribution is 6.03. The summed E-state index contributed by atoms with van der Waals surface area (Å²) < 4.78 is 0. The van der Waals surface area contributed by atoms with E-state index >= 15 is 0 Å². The molecule has 3 N–H and O–H groups in total. The molecular formula is C23H29N3O2. The molecule has 1 atom stereocenters. The Morgan fingerprint density at radius 2 is 1.64 bits per heavy atom. The summed E-state index contributed by atoms with van der Waals surface area (Å²) >= 11 is 0. The zero-order chi connectivity index (χ0) is 19.7. The second kappa shape index (κ2) is 7.57. The largest absolute Gasteiger partial charge is 0.508 e. The van der Waals surface area contributed by atoms with Gasteiger partial charge < -0.3 is 15.1 Å². The number of aromatic hydroxyl groups is 2. The van der Waals surface area contributed by atoms with E-state index in [4.69, 9.17) is 4.99 Å². The zero-order valence-electron chi connectivity index (χ0n) is 16.6. The molecule has 0 aromatic heterocycles. The van der Waals surface area contributed by atoms with Crippen LogP contribution in [0.25, 0.3) is 0 Å². The Morgan fingerprint density at radius 1 is 1.00 bits per heavy atom. The minimum Gasteiger partial charge on any atom is -0.508 e. The van der Waals surface area contributed by atoms with E-state index in [1.54, 1.807) is 12.1 Å². The van der Waals surface area contributed by atoms with Gasteiger partial charge in [-0.1, -0.05) is 30.3 Å². The lowest BCUT2D eigenvalue weighted by Gasteiger charge is -2.46. The van der Waals surface area contributed by atoms with Crippen molar-refractivity contribution in [2.24, 2.45) is 4.99 Å². The Bertz CT molecular complexity index is 870. The zero-order valence-corrected chi connectivity index (χ0v) is 16.6. The highest BCUT2D eigenvalue weighted by atomic mass is 16.3. The molecule has 5 nitrogen and oxygen atoms in total. The Balaban J connectivity index is 1.72. The number of phenols is 2. The number of hydrogen-bond donors (Lipinski definition) is 3. The first-order chi connectivity index (χ1) is 13.5. The topological polar surface area (TPSA) is 68.1 Å². The third-order valence-electron chi connectivity index (χ3n) is 6.07. The summed E-state index contributed by atoms with van der Waals surface area (Å²) in [5.41, 5.74) is 2.21. The SMILES string of the molecule is CC(C)N1CCC2(CC1)N=C(c1ccccc1O)C[C@H](c1ccccc1O)N2. The monoisotopic (exact) mass is 379 g/mol. The smallest absolute Gasteiger partial charge is 0.124 e. The number of nitrogens with zero attached hydrogens (tertiary/aromatic N) is 2.